The van der Waals surface area contributed by atoms with Crippen molar-refractivity contribution in [3.63, 3.8) is 0 Å². The number of aliphatic hydroxyl groups excluding tert-OH is 1. The minimum atomic E-state index is -0.738. The Balaban J connectivity index is 2.00. The van der Waals surface area contributed by atoms with E-state index in [1.807, 2.05) is 13.8 Å². The molecule has 3 aliphatic heterocycles. The number of carbonyl (C=O) groups excluding carboxylic acids is 2. The van der Waals surface area contributed by atoms with Gasteiger partial charge in [-0.15, -0.1) is 0 Å². The third kappa shape index (κ3) is 2.76. The predicted octanol–water partition coefficient (Wildman–Crippen LogP) is 1.55. The summed E-state index contributed by atoms with van der Waals surface area (Å²) < 4.78 is 9.93. The molecular formula is C16H21NO5S. The van der Waals surface area contributed by atoms with Crippen LogP contribution in [0.25, 0.3) is 0 Å². The van der Waals surface area contributed by atoms with E-state index in [4.69, 9.17) is 9.47 Å². The maximum Gasteiger partial charge on any atom is 0.373 e. The molecule has 0 aromatic heterocycles. The van der Waals surface area contributed by atoms with Crippen LogP contribution in [0.4, 0.5) is 0 Å². The van der Waals surface area contributed by atoms with Crippen LogP contribution in [0.3, 0.4) is 0 Å². The number of nitrogens with zero attached hydrogens (tertiary/aromatic N) is 1. The van der Waals surface area contributed by atoms with Crippen LogP contribution in [0.1, 0.15) is 33.1 Å². The van der Waals surface area contributed by atoms with Crippen molar-refractivity contribution in [2.75, 3.05) is 13.7 Å². The third-order valence-electron chi connectivity index (χ3n) is 4.46. The first-order valence-corrected chi connectivity index (χ1v) is 8.55. The number of esters is 1. The lowest BCUT2D eigenvalue weighted by atomic mass is 9.90. The molecule has 23 heavy (non-hydrogen) atoms. The van der Waals surface area contributed by atoms with Gasteiger partial charge in [-0.3, -0.25) is 4.79 Å². The molecule has 0 saturated carbocycles. The van der Waals surface area contributed by atoms with Gasteiger partial charge in [-0.05, 0) is 32.8 Å². The molecule has 1 amide bonds. The number of rotatable bonds is 2. The van der Waals surface area contributed by atoms with E-state index in [-0.39, 0.29) is 11.7 Å². The monoisotopic (exact) mass is 339 g/mol. The average molecular weight is 339 g/mol. The van der Waals surface area contributed by atoms with Gasteiger partial charge in [0, 0.05) is 23.3 Å². The van der Waals surface area contributed by atoms with Gasteiger partial charge in [-0.2, -0.15) is 0 Å². The summed E-state index contributed by atoms with van der Waals surface area (Å²) in [4.78, 5) is 26.0. The van der Waals surface area contributed by atoms with Crippen LogP contribution in [0, 0.1) is 0 Å². The van der Waals surface area contributed by atoms with Crippen molar-refractivity contribution in [2.45, 2.75) is 50.0 Å². The van der Waals surface area contributed by atoms with Crippen molar-refractivity contribution in [1.29, 1.82) is 0 Å². The molecule has 3 rings (SSSR count). The highest BCUT2D eigenvalue weighted by Gasteiger charge is 2.49. The second-order valence-electron chi connectivity index (χ2n) is 6.46. The van der Waals surface area contributed by atoms with Crippen molar-refractivity contribution in [2.24, 2.45) is 0 Å². The summed E-state index contributed by atoms with van der Waals surface area (Å²) in [5.41, 5.74) is 0.669. The number of methoxy groups -OCH3 is 1. The minimum absolute atomic E-state index is 0.0392. The topological polar surface area (TPSA) is 76.1 Å². The zero-order chi connectivity index (χ0) is 16.8. The summed E-state index contributed by atoms with van der Waals surface area (Å²) in [6, 6.07) is -0.454. The molecule has 0 radical (unpaired) electrons. The standard InChI is InChI=1S/C16H21NO5S/c1-16(2)13(19)12-9(17-7-5-4-6-11(17)18)8-10(14(20)21-3)22-15(12)23-16/h8-9,13,19H,4-7H2,1-3H3. The van der Waals surface area contributed by atoms with Gasteiger partial charge in [0.05, 0.1) is 19.3 Å². The summed E-state index contributed by atoms with van der Waals surface area (Å²) >= 11 is 1.38. The Morgan fingerprint density at radius 3 is 2.87 bits per heavy atom. The van der Waals surface area contributed by atoms with E-state index in [0.717, 1.165) is 12.8 Å². The van der Waals surface area contributed by atoms with E-state index in [9.17, 15) is 14.7 Å². The van der Waals surface area contributed by atoms with Crippen LogP contribution in [0.15, 0.2) is 22.5 Å². The highest BCUT2D eigenvalue weighted by atomic mass is 32.2. The number of amides is 1. The lowest BCUT2D eigenvalue weighted by Crippen LogP contribution is -2.47. The summed E-state index contributed by atoms with van der Waals surface area (Å²) in [5, 5.41) is 11.2. The third-order valence-corrected chi connectivity index (χ3v) is 5.71. The number of hydrogen-bond acceptors (Lipinski definition) is 6. The molecule has 2 unspecified atom stereocenters. The fourth-order valence-electron chi connectivity index (χ4n) is 3.16. The van der Waals surface area contributed by atoms with E-state index >= 15 is 0 Å². The Kier molecular flexibility index (Phi) is 4.18. The molecule has 0 aromatic carbocycles. The second-order valence-corrected chi connectivity index (χ2v) is 8.09. The minimum Gasteiger partial charge on any atom is -0.463 e. The zero-order valence-corrected chi connectivity index (χ0v) is 14.3. The van der Waals surface area contributed by atoms with Crippen molar-refractivity contribution in [3.05, 3.63) is 22.5 Å². The molecule has 0 aliphatic carbocycles. The average Bonchev–Trinajstić information content (AvgIpc) is 2.75. The fraction of sp³-hybridized carbons (Fsp3) is 0.625. The smallest absolute Gasteiger partial charge is 0.373 e. The normalized spacial score (nSPS) is 29.8. The van der Waals surface area contributed by atoms with Crippen LogP contribution in [0.2, 0.25) is 0 Å². The Bertz CT molecular complexity index is 610. The molecule has 1 N–H and O–H groups in total. The number of aliphatic hydroxyl groups is 1. The first-order chi connectivity index (χ1) is 10.8. The summed E-state index contributed by atoms with van der Waals surface area (Å²) in [7, 11) is 1.29. The van der Waals surface area contributed by atoms with Crippen LogP contribution in [-0.4, -0.2) is 52.4 Å². The van der Waals surface area contributed by atoms with Gasteiger partial charge in [0.15, 0.2) is 5.09 Å². The molecular weight excluding hydrogens is 318 g/mol. The van der Waals surface area contributed by atoms with E-state index in [1.54, 1.807) is 11.0 Å². The molecule has 3 aliphatic rings. The number of carbonyl (C=O) groups is 2. The Morgan fingerprint density at radius 1 is 1.48 bits per heavy atom. The van der Waals surface area contributed by atoms with Crippen LogP contribution < -0.4 is 0 Å². The molecule has 1 fully saturated rings. The van der Waals surface area contributed by atoms with E-state index < -0.39 is 22.9 Å². The molecule has 0 spiro atoms. The van der Waals surface area contributed by atoms with Gasteiger partial charge in [-0.1, -0.05) is 11.8 Å². The lowest BCUT2D eigenvalue weighted by molar-refractivity contribution is -0.140. The van der Waals surface area contributed by atoms with E-state index in [2.05, 4.69) is 0 Å². The molecule has 1 saturated heterocycles. The Labute approximate surface area is 139 Å². The van der Waals surface area contributed by atoms with Crippen molar-refractivity contribution in [3.8, 4) is 0 Å². The van der Waals surface area contributed by atoms with Gasteiger partial charge >= 0.3 is 5.97 Å². The van der Waals surface area contributed by atoms with E-state index in [0.29, 0.717) is 23.6 Å². The number of hydrogen-bond donors (Lipinski definition) is 1. The van der Waals surface area contributed by atoms with Gasteiger partial charge in [-0.25, -0.2) is 4.79 Å². The highest BCUT2D eigenvalue weighted by Crippen LogP contribution is 2.51. The van der Waals surface area contributed by atoms with Gasteiger partial charge in [0.1, 0.15) is 0 Å². The molecule has 126 valence electrons. The molecule has 0 aromatic rings. The SMILES string of the molecule is COC(=O)C1=CC(N2CCCCC2=O)C2=C(O1)SC(C)(C)C2O. The maximum absolute atomic E-state index is 12.3. The zero-order valence-electron chi connectivity index (χ0n) is 13.5. The molecule has 7 heteroatoms. The quantitative estimate of drug-likeness (QED) is 0.770. The Hall–Kier alpha value is -1.47. The first-order valence-electron chi connectivity index (χ1n) is 7.73. The number of piperidine rings is 1. The highest BCUT2D eigenvalue weighted by molar-refractivity contribution is 8.04. The van der Waals surface area contributed by atoms with Crippen molar-refractivity contribution in [1.82, 2.24) is 4.90 Å². The fourth-order valence-corrected chi connectivity index (χ4v) is 4.36. The number of ether oxygens (including phenoxy) is 2. The summed E-state index contributed by atoms with van der Waals surface area (Å²) in [6.45, 7) is 4.44. The lowest BCUT2D eigenvalue weighted by Gasteiger charge is -2.37. The van der Waals surface area contributed by atoms with E-state index in [1.165, 1.54) is 18.9 Å². The summed E-state index contributed by atoms with van der Waals surface area (Å²) in [5.74, 6) is -0.463. The van der Waals surface area contributed by atoms with Crippen LogP contribution in [-0.2, 0) is 19.1 Å². The van der Waals surface area contributed by atoms with Gasteiger partial charge in [0.25, 0.3) is 0 Å². The molecule has 3 heterocycles. The van der Waals surface area contributed by atoms with Gasteiger partial charge in [0.2, 0.25) is 11.7 Å². The molecule has 2 atom stereocenters. The predicted molar refractivity (Wildman–Crippen MR) is 85.2 cm³/mol. The van der Waals surface area contributed by atoms with Crippen molar-refractivity contribution < 1.29 is 24.2 Å². The van der Waals surface area contributed by atoms with Gasteiger partial charge < -0.3 is 19.5 Å². The largest absolute Gasteiger partial charge is 0.463 e. The van der Waals surface area contributed by atoms with Crippen LogP contribution in [0.5, 0.6) is 0 Å². The van der Waals surface area contributed by atoms with Crippen LogP contribution >= 0.6 is 11.8 Å². The summed E-state index contributed by atoms with van der Waals surface area (Å²) in [6.07, 6.45) is 3.14. The second kappa shape index (κ2) is 5.87. The first kappa shape index (κ1) is 16.4. The number of thioether (sulfide) groups is 1. The Morgan fingerprint density at radius 2 is 2.22 bits per heavy atom. The molecule has 6 nitrogen and oxygen atoms in total. The van der Waals surface area contributed by atoms with Crippen molar-refractivity contribution >= 4 is 23.6 Å². The number of likely N-dealkylation sites (tertiary alicyclic amines) is 1. The molecule has 0 bridgehead atoms. The maximum atomic E-state index is 12.3.